The van der Waals surface area contributed by atoms with Crippen LogP contribution in [0, 0.1) is 11.3 Å². The van der Waals surface area contributed by atoms with Crippen LogP contribution in [-0.2, 0) is 50.7 Å². The molecule has 1 aliphatic heterocycles. The minimum Gasteiger partial charge on any atom is -0.393 e. The molecule has 3 heterocycles. The summed E-state index contributed by atoms with van der Waals surface area (Å²) in [5.74, 6) is -1.84. The molecule has 3 unspecified atom stereocenters. The van der Waals surface area contributed by atoms with Crippen LogP contribution in [0.3, 0.4) is 0 Å². The molecule has 3 rings (SSSR count). The summed E-state index contributed by atoms with van der Waals surface area (Å²) in [4.78, 5) is 87.3. The summed E-state index contributed by atoms with van der Waals surface area (Å²) >= 11 is 0.947. The lowest BCUT2D eigenvalue weighted by atomic mass is 9.87. The lowest BCUT2D eigenvalue weighted by Gasteiger charge is -2.30. The van der Waals surface area contributed by atoms with Gasteiger partial charge in [-0.25, -0.2) is 28.6 Å². The van der Waals surface area contributed by atoms with Crippen molar-refractivity contribution >= 4 is 69.1 Å². The summed E-state index contributed by atoms with van der Waals surface area (Å²) in [5, 5.41) is 35.5. The minimum atomic E-state index is -5.58. The van der Waals surface area contributed by atoms with Gasteiger partial charge in [-0.3, -0.25) is 32.5 Å². The Balaban J connectivity index is 1.50. The van der Waals surface area contributed by atoms with Crippen LogP contribution in [0.1, 0.15) is 40.3 Å². The lowest BCUT2D eigenvalue weighted by Crippen LogP contribution is -2.46. The second kappa shape index (κ2) is 19.3. The quantitative estimate of drug-likeness (QED) is 0.0514. The molecule has 1 aliphatic rings. The predicted octanol–water partition coefficient (Wildman–Crippen LogP) is -1.32. The van der Waals surface area contributed by atoms with Crippen molar-refractivity contribution in [2.24, 2.45) is 11.3 Å². The van der Waals surface area contributed by atoms with E-state index in [0.717, 1.165) is 29.0 Å². The number of aromatic nitrogens is 4. The standard InChI is InChI=1S/C26H44N7O18P3S/c1-13(14(2)34)25(39)55-8-7-28-16(35)5-6-29-23(38)20(37)26(3,4)10-48-54(45,46)51-53(43,44)47-9-15-19(50-52(40,41)42)18(36)24(49-15)33-12-32-17-21(27)30-11-31-22(17)33/h11-15,18-20,24,34,36-37H,5-10H2,1-4H3,(H,28,35)(H,29,38)(H,43,44)(H,45,46)(H2,27,30,31)(H2,40,41,42)/t13-,14-,15+,18+,19+,20?,24+/m0/s1. The van der Waals surface area contributed by atoms with E-state index in [9.17, 15) is 63.0 Å². The zero-order chi connectivity index (χ0) is 41.5. The number of hydrogen-bond acceptors (Lipinski definition) is 19. The molecule has 55 heavy (non-hydrogen) atoms. The van der Waals surface area contributed by atoms with Crippen molar-refractivity contribution in [1.29, 1.82) is 0 Å². The van der Waals surface area contributed by atoms with E-state index in [1.54, 1.807) is 6.92 Å². The largest absolute Gasteiger partial charge is 0.481 e. The highest BCUT2D eigenvalue weighted by molar-refractivity contribution is 8.13. The van der Waals surface area contributed by atoms with E-state index in [-0.39, 0.29) is 47.4 Å². The maximum absolute atomic E-state index is 12.7. The van der Waals surface area contributed by atoms with Crippen molar-refractivity contribution in [2.45, 2.75) is 70.9 Å². The Bertz CT molecular complexity index is 1810. The maximum atomic E-state index is 12.7. The number of anilines is 1. The van der Waals surface area contributed by atoms with Crippen molar-refractivity contribution in [1.82, 2.24) is 30.2 Å². The number of hydrogen-bond donors (Lipinski definition) is 10. The summed E-state index contributed by atoms with van der Waals surface area (Å²) in [7, 11) is -16.4. The zero-order valence-electron chi connectivity index (χ0n) is 29.7. The first kappa shape index (κ1) is 46.9. The highest BCUT2D eigenvalue weighted by Crippen LogP contribution is 2.61. The third-order valence-electron chi connectivity index (χ3n) is 7.84. The van der Waals surface area contributed by atoms with E-state index < -0.39 is 96.6 Å². The monoisotopic (exact) mass is 867 g/mol. The first-order valence-corrected chi connectivity index (χ1v) is 21.6. The van der Waals surface area contributed by atoms with Gasteiger partial charge in [-0.2, -0.15) is 4.31 Å². The zero-order valence-corrected chi connectivity index (χ0v) is 33.2. The van der Waals surface area contributed by atoms with Crippen LogP contribution < -0.4 is 16.4 Å². The fraction of sp³-hybridized carbons (Fsp3) is 0.692. The number of fused-ring (bicyclic) bond motifs is 1. The molecule has 2 amide bonds. The summed E-state index contributed by atoms with van der Waals surface area (Å²) in [5.41, 5.74) is 4.23. The van der Waals surface area contributed by atoms with Crippen molar-refractivity contribution in [3.63, 3.8) is 0 Å². The van der Waals surface area contributed by atoms with Crippen LogP contribution in [0.2, 0.25) is 0 Å². The molecule has 312 valence electrons. The number of aliphatic hydroxyl groups is 3. The molecule has 11 N–H and O–H groups in total. The molecule has 0 aromatic carbocycles. The van der Waals surface area contributed by atoms with Gasteiger partial charge in [-0.05, 0) is 6.92 Å². The maximum Gasteiger partial charge on any atom is 0.481 e. The van der Waals surface area contributed by atoms with Crippen molar-refractivity contribution in [3.05, 3.63) is 12.7 Å². The molecule has 0 bridgehead atoms. The predicted molar refractivity (Wildman–Crippen MR) is 188 cm³/mol. The fourth-order valence-corrected chi connectivity index (χ4v) is 8.30. The highest BCUT2D eigenvalue weighted by Gasteiger charge is 2.50. The number of thioether (sulfide) groups is 1. The molecular formula is C26H44N7O18P3S. The van der Waals surface area contributed by atoms with Crippen LogP contribution in [0.5, 0.6) is 0 Å². The van der Waals surface area contributed by atoms with Gasteiger partial charge in [0, 0.05) is 30.7 Å². The molecule has 29 heteroatoms. The molecule has 0 radical (unpaired) electrons. The first-order chi connectivity index (χ1) is 25.3. The third kappa shape index (κ3) is 13.8. The number of carbonyl (C=O) groups excluding carboxylic acids is 3. The van der Waals surface area contributed by atoms with E-state index in [1.165, 1.54) is 20.8 Å². The Morgan fingerprint density at radius 3 is 2.33 bits per heavy atom. The smallest absolute Gasteiger partial charge is 0.393 e. The third-order valence-corrected chi connectivity index (χ3v) is 12.0. The minimum absolute atomic E-state index is 0.0256. The SMILES string of the molecule is C[C@H](O)[C@H](C)C(=O)SCCNC(=O)CCNC(=O)C(O)C(C)(C)COP(=O)(O)OP(=O)(O)OC[C@H]1O[C@@H](n2cnc3c(N)ncnc32)[C@H](O)[C@@H]1OP(=O)(O)O. The number of phosphoric ester groups is 3. The summed E-state index contributed by atoms with van der Waals surface area (Å²) < 4.78 is 62.0. The van der Waals surface area contributed by atoms with Gasteiger partial charge in [0.05, 0.1) is 31.6 Å². The average Bonchev–Trinajstić information content (AvgIpc) is 3.64. The molecule has 0 saturated carbocycles. The molecule has 0 aliphatic carbocycles. The number of nitrogens with zero attached hydrogens (tertiary/aromatic N) is 4. The highest BCUT2D eigenvalue weighted by atomic mass is 32.2. The number of aliphatic hydroxyl groups excluding tert-OH is 3. The van der Waals surface area contributed by atoms with Gasteiger partial charge in [0.25, 0.3) is 0 Å². The van der Waals surface area contributed by atoms with Gasteiger partial charge in [0.15, 0.2) is 22.8 Å². The van der Waals surface area contributed by atoms with Gasteiger partial charge in [0.1, 0.15) is 36.3 Å². The number of phosphoric acid groups is 3. The van der Waals surface area contributed by atoms with Crippen LogP contribution in [0.25, 0.3) is 11.2 Å². The Morgan fingerprint density at radius 1 is 1.04 bits per heavy atom. The van der Waals surface area contributed by atoms with Gasteiger partial charge < -0.3 is 56.0 Å². The molecule has 25 nitrogen and oxygen atoms in total. The molecule has 9 atom stereocenters. The number of carbonyl (C=O) groups is 3. The Morgan fingerprint density at radius 2 is 1.69 bits per heavy atom. The lowest BCUT2D eigenvalue weighted by molar-refractivity contribution is -0.137. The first-order valence-electron chi connectivity index (χ1n) is 16.1. The molecule has 2 aromatic rings. The van der Waals surface area contributed by atoms with Crippen molar-refractivity contribution in [3.8, 4) is 0 Å². The number of ether oxygens (including phenoxy) is 1. The summed E-state index contributed by atoms with van der Waals surface area (Å²) in [6, 6.07) is 0. The van der Waals surface area contributed by atoms with Gasteiger partial charge in [-0.15, -0.1) is 0 Å². The number of nitrogens with one attached hydrogen (secondary N) is 2. The van der Waals surface area contributed by atoms with E-state index >= 15 is 0 Å². The number of rotatable bonds is 21. The second-order valence-corrected chi connectivity index (χ2v) is 18.1. The van der Waals surface area contributed by atoms with Gasteiger partial charge >= 0.3 is 23.5 Å². The molecule has 1 saturated heterocycles. The van der Waals surface area contributed by atoms with E-state index in [1.807, 2.05) is 0 Å². The summed E-state index contributed by atoms with van der Waals surface area (Å²) in [6.07, 6.45) is -7.81. The van der Waals surface area contributed by atoms with Gasteiger partial charge in [-0.1, -0.05) is 32.5 Å². The summed E-state index contributed by atoms with van der Waals surface area (Å²) in [6.45, 7) is 3.42. The van der Waals surface area contributed by atoms with Crippen molar-refractivity contribution < 1.29 is 85.6 Å². The van der Waals surface area contributed by atoms with Crippen molar-refractivity contribution in [2.75, 3.05) is 37.8 Å². The van der Waals surface area contributed by atoms with Crippen LogP contribution in [-0.4, -0.2) is 134 Å². The Kier molecular flexibility index (Phi) is 16.5. The van der Waals surface area contributed by atoms with E-state index in [4.69, 9.17) is 19.5 Å². The van der Waals surface area contributed by atoms with Crippen LogP contribution in [0.15, 0.2) is 12.7 Å². The topological polar surface area (TPSA) is 384 Å². The van der Waals surface area contributed by atoms with Crippen LogP contribution >= 0.6 is 35.2 Å². The number of nitrogen functional groups attached to an aromatic ring is 1. The fourth-order valence-electron chi connectivity index (χ4n) is 4.61. The Hall–Kier alpha value is -2.48. The molecule has 0 spiro atoms. The average molecular weight is 868 g/mol. The van der Waals surface area contributed by atoms with E-state index in [2.05, 4.69) is 34.4 Å². The Labute approximate surface area is 317 Å². The molecule has 1 fully saturated rings. The number of imidazole rings is 1. The molecular weight excluding hydrogens is 823 g/mol. The molecule has 2 aromatic heterocycles. The van der Waals surface area contributed by atoms with Gasteiger partial charge in [0.2, 0.25) is 11.8 Å². The van der Waals surface area contributed by atoms with Crippen LogP contribution in [0.4, 0.5) is 5.82 Å². The normalized spacial score (nSPS) is 23.0. The van der Waals surface area contributed by atoms with E-state index in [0.29, 0.717) is 0 Å². The number of nitrogens with two attached hydrogens (primary N) is 1. The second-order valence-electron chi connectivity index (χ2n) is 12.8. The number of amides is 2.